The van der Waals surface area contributed by atoms with Crippen LogP contribution in [-0.2, 0) is 20.9 Å². The molecule has 4 aromatic rings. The van der Waals surface area contributed by atoms with Crippen LogP contribution < -0.4 is 0 Å². The highest BCUT2D eigenvalue weighted by Crippen LogP contribution is 2.38. The van der Waals surface area contributed by atoms with Gasteiger partial charge in [-0.15, -0.1) is 0 Å². The number of carbonyl (C=O) groups excluding carboxylic acids is 1. The molecule has 4 aromatic heterocycles. The van der Waals surface area contributed by atoms with Crippen LogP contribution in [0.1, 0.15) is 96.5 Å². The van der Waals surface area contributed by atoms with E-state index in [9.17, 15) is 4.79 Å². The second kappa shape index (κ2) is 15.6. The van der Waals surface area contributed by atoms with Crippen LogP contribution >= 0.6 is 34.2 Å². The molecule has 12 heteroatoms. The molecule has 277 valence electrons. The molecule has 1 aliphatic rings. The first-order chi connectivity index (χ1) is 23.4. The van der Waals surface area contributed by atoms with Gasteiger partial charge in [0.25, 0.3) is 0 Å². The van der Waals surface area contributed by atoms with E-state index in [0.29, 0.717) is 29.4 Å². The molecule has 0 bridgehead atoms. The molecule has 0 saturated heterocycles. The summed E-state index contributed by atoms with van der Waals surface area (Å²) >= 11 is 8.42. The van der Waals surface area contributed by atoms with E-state index in [-0.39, 0.29) is 26.9 Å². The number of nitrogens with zero attached hydrogens (tertiary/aromatic N) is 4. The highest BCUT2D eigenvalue weighted by atomic mass is 127. The lowest BCUT2D eigenvalue weighted by Gasteiger charge is -2.41. The van der Waals surface area contributed by atoms with Gasteiger partial charge in [0.15, 0.2) is 8.32 Å². The summed E-state index contributed by atoms with van der Waals surface area (Å²) in [5.41, 5.74) is 3.87. The van der Waals surface area contributed by atoms with Crippen LogP contribution in [0.4, 0.5) is 0 Å². The minimum atomic E-state index is -1.74. The monoisotopic (exact) mass is 860 g/mol. The lowest BCUT2D eigenvalue weighted by molar-refractivity contribution is 0.0974. The van der Waals surface area contributed by atoms with Gasteiger partial charge in [0.1, 0.15) is 5.69 Å². The minimum Gasteiger partial charge on any atom is -0.414 e. The Morgan fingerprint density at radius 2 is 1.73 bits per heavy atom. The molecule has 1 aliphatic heterocycles. The van der Waals surface area contributed by atoms with Gasteiger partial charge in [-0.25, -0.2) is 0 Å². The van der Waals surface area contributed by atoms with E-state index in [1.807, 2.05) is 18.5 Å². The number of nitrogens with one attached hydrogen (secondary N) is 1. The average molecular weight is 861 g/mol. The predicted octanol–water partition coefficient (Wildman–Crippen LogP) is 10.7. The third-order valence-electron chi connectivity index (χ3n) is 10.2. The van der Waals surface area contributed by atoms with E-state index in [1.165, 1.54) is 14.5 Å². The smallest absolute Gasteiger partial charge is 0.213 e. The van der Waals surface area contributed by atoms with Crippen LogP contribution in [0, 0.1) is 3.57 Å². The molecule has 0 fully saturated rings. The number of aromatic nitrogens is 4. The number of H-pyrrole nitrogens is 1. The number of carbonyl (C=O) groups is 1. The van der Waals surface area contributed by atoms with Crippen molar-refractivity contribution in [2.45, 2.75) is 117 Å². The van der Waals surface area contributed by atoms with E-state index >= 15 is 0 Å². The molecular weight excluding hydrogens is 805 g/mol. The fraction of sp³-hybridized carbons (Fsp3) is 0.513. The Kier molecular flexibility index (Phi) is 12.7. The number of fused-ring (bicyclic) bond motifs is 2. The zero-order valence-corrected chi connectivity index (χ0v) is 37.6. The summed E-state index contributed by atoms with van der Waals surface area (Å²) < 4.78 is 16.3. The standard InChI is InChI=1S/C22H29ClN3O2Si.C17H27IN2OSi/c1-21(2,3)29(6)28-14-22(4,5)26-10-8-18-17(13-26)16(12-25-18)20(27)19-11-15(23)7-9-24-19;1-16(2,3)22(6,7)21-12-17(4,5)20-11-14(18)13-10-19-9-8-15(13)20/h7-12,25H,13-14H2,1-6H3;8-11H,12H2,1-7H3. The largest absolute Gasteiger partial charge is 0.414 e. The lowest BCUT2D eigenvalue weighted by atomic mass is 9.98. The van der Waals surface area contributed by atoms with Crippen molar-refractivity contribution >= 4 is 74.3 Å². The summed E-state index contributed by atoms with van der Waals surface area (Å²) in [5.74, 6) is -0.124. The molecule has 0 aromatic carbocycles. The molecule has 0 amide bonds. The van der Waals surface area contributed by atoms with Crippen LogP contribution in [0.25, 0.3) is 17.0 Å². The number of aromatic amines is 1. The maximum absolute atomic E-state index is 13.0. The summed E-state index contributed by atoms with van der Waals surface area (Å²) in [6, 6.07) is 5.36. The maximum Gasteiger partial charge on any atom is 0.213 e. The van der Waals surface area contributed by atoms with Gasteiger partial charge in [0, 0.05) is 74.5 Å². The average Bonchev–Trinajstić information content (AvgIpc) is 3.63. The molecule has 1 N–H and O–H groups in total. The van der Waals surface area contributed by atoms with Crippen molar-refractivity contribution in [3.63, 3.8) is 0 Å². The van der Waals surface area contributed by atoms with Crippen molar-refractivity contribution in [1.82, 2.24) is 24.4 Å². The van der Waals surface area contributed by atoms with Crippen molar-refractivity contribution in [3.05, 3.63) is 86.5 Å². The summed E-state index contributed by atoms with van der Waals surface area (Å²) in [6.45, 7) is 31.2. The molecule has 0 aliphatic carbocycles. The van der Waals surface area contributed by atoms with Gasteiger partial charge in [0.05, 0.1) is 29.8 Å². The molecule has 0 unspecified atom stereocenters. The van der Waals surface area contributed by atoms with Crippen molar-refractivity contribution in [3.8, 4) is 0 Å². The summed E-state index contributed by atoms with van der Waals surface area (Å²) in [5, 5.41) is 2.14. The van der Waals surface area contributed by atoms with Gasteiger partial charge in [-0.05, 0) is 104 Å². The Hall–Kier alpha value is -2.30. The van der Waals surface area contributed by atoms with E-state index < -0.39 is 17.4 Å². The molecule has 1 radical (unpaired) electrons. The van der Waals surface area contributed by atoms with Crippen molar-refractivity contribution in [2.24, 2.45) is 0 Å². The first-order valence-electron chi connectivity index (χ1n) is 17.5. The van der Waals surface area contributed by atoms with Crippen LogP contribution in [0.5, 0.6) is 0 Å². The number of halogens is 2. The second-order valence-electron chi connectivity index (χ2n) is 17.2. The van der Waals surface area contributed by atoms with Crippen molar-refractivity contribution in [1.29, 1.82) is 0 Å². The number of rotatable bonds is 10. The third-order valence-corrected chi connectivity index (χ3v) is 18.5. The van der Waals surface area contributed by atoms with Crippen LogP contribution in [-0.4, -0.2) is 66.3 Å². The zero-order chi connectivity index (χ0) is 38.2. The SMILES string of the molecule is CC(C)(CO[Si](C)(C)C(C)(C)C)n1cc(I)c2cnccc21.C[Si](OCC(C)(C)N1C=Cc2[nH]cc(C(=O)c3cc(Cl)ccn3)c2C1)C(C)(C)C. The summed E-state index contributed by atoms with van der Waals surface area (Å²) in [7, 11) is -2.65. The number of hydrogen-bond donors (Lipinski definition) is 1. The first kappa shape index (κ1) is 41.5. The minimum absolute atomic E-state index is 0.0848. The Morgan fingerprint density at radius 3 is 2.35 bits per heavy atom. The molecule has 0 saturated carbocycles. The van der Waals surface area contributed by atoms with Gasteiger partial charge < -0.3 is 23.3 Å². The van der Waals surface area contributed by atoms with Crippen LogP contribution in [0.15, 0.2) is 55.4 Å². The Morgan fingerprint density at radius 1 is 1.04 bits per heavy atom. The fourth-order valence-corrected chi connectivity index (χ4v) is 8.23. The van der Waals surface area contributed by atoms with Gasteiger partial charge in [-0.2, -0.15) is 0 Å². The number of pyridine rings is 2. The molecule has 0 atom stereocenters. The van der Waals surface area contributed by atoms with E-state index in [2.05, 4.69) is 154 Å². The third kappa shape index (κ3) is 9.83. The second-order valence-corrected chi connectivity index (χ2v) is 26.5. The lowest BCUT2D eigenvalue weighted by Crippen LogP contribution is -2.46. The van der Waals surface area contributed by atoms with Gasteiger partial charge in [-0.3, -0.25) is 14.8 Å². The quantitative estimate of drug-likeness (QED) is 0.0971. The van der Waals surface area contributed by atoms with Gasteiger partial charge in [0.2, 0.25) is 14.8 Å². The van der Waals surface area contributed by atoms with E-state index in [0.717, 1.165) is 17.9 Å². The topological polar surface area (TPSA) is 85.3 Å². The van der Waals surface area contributed by atoms with Gasteiger partial charge >= 0.3 is 0 Å². The predicted molar refractivity (Wildman–Crippen MR) is 224 cm³/mol. The highest BCUT2D eigenvalue weighted by Gasteiger charge is 2.39. The summed E-state index contributed by atoms with van der Waals surface area (Å²) in [4.78, 5) is 26.9. The molecular formula is C39H56ClIN5O3Si2. The maximum atomic E-state index is 13.0. The summed E-state index contributed by atoms with van der Waals surface area (Å²) in [6.07, 6.45) is 13.4. The normalized spacial score (nSPS) is 14.2. The van der Waals surface area contributed by atoms with Gasteiger partial charge in [-0.1, -0.05) is 53.1 Å². The first-order valence-corrected chi connectivity index (χ1v) is 23.8. The van der Waals surface area contributed by atoms with E-state index in [1.54, 1.807) is 24.5 Å². The molecule has 5 heterocycles. The van der Waals surface area contributed by atoms with E-state index in [4.69, 9.17) is 20.5 Å². The Bertz CT molecular complexity index is 1870. The molecule has 8 nitrogen and oxygen atoms in total. The molecule has 0 spiro atoms. The van der Waals surface area contributed by atoms with Crippen LogP contribution in [0.2, 0.25) is 34.7 Å². The van der Waals surface area contributed by atoms with Crippen LogP contribution in [0.3, 0.4) is 0 Å². The Labute approximate surface area is 326 Å². The fourth-order valence-electron chi connectivity index (χ4n) is 5.22. The number of hydrogen-bond acceptors (Lipinski definition) is 6. The number of ketones is 1. The Balaban J connectivity index is 0.000000238. The highest BCUT2D eigenvalue weighted by molar-refractivity contribution is 14.1. The van der Waals surface area contributed by atoms with Crippen molar-refractivity contribution in [2.75, 3.05) is 13.2 Å². The molecule has 5 rings (SSSR count). The molecule has 51 heavy (non-hydrogen) atoms. The zero-order valence-electron chi connectivity index (χ0n) is 32.7. The van der Waals surface area contributed by atoms with Crippen molar-refractivity contribution < 1.29 is 13.6 Å².